The van der Waals surface area contributed by atoms with Gasteiger partial charge < -0.3 is 15.8 Å². The van der Waals surface area contributed by atoms with Crippen LogP contribution in [0.3, 0.4) is 0 Å². The van der Waals surface area contributed by atoms with E-state index in [0.717, 1.165) is 53.6 Å². The molecule has 0 amide bonds. The molecule has 5 rings (SSSR count). The lowest BCUT2D eigenvalue weighted by Gasteiger charge is -2.29. The number of fused-ring (bicyclic) bond motifs is 2. The molecule has 8 heteroatoms. The fourth-order valence-corrected chi connectivity index (χ4v) is 5.58. The van der Waals surface area contributed by atoms with Crippen LogP contribution in [-0.2, 0) is 16.6 Å². The predicted molar refractivity (Wildman–Crippen MR) is 132 cm³/mol. The van der Waals surface area contributed by atoms with Crippen molar-refractivity contribution < 1.29 is 13.2 Å². The summed E-state index contributed by atoms with van der Waals surface area (Å²) in [7, 11) is -3.60. The number of benzene rings is 3. The van der Waals surface area contributed by atoms with Crippen LogP contribution in [0.25, 0.3) is 16.8 Å². The molecule has 1 saturated heterocycles. The maximum atomic E-state index is 12.9. The van der Waals surface area contributed by atoms with Crippen LogP contribution in [0.4, 0.5) is 5.69 Å². The molecule has 0 saturated carbocycles. The number of nitrogens with zero attached hydrogens (tertiary/aromatic N) is 1. The Balaban J connectivity index is 1.44. The first-order valence-corrected chi connectivity index (χ1v) is 12.5. The van der Waals surface area contributed by atoms with Crippen molar-refractivity contribution in [3.8, 4) is 5.75 Å². The maximum absolute atomic E-state index is 12.9. The van der Waals surface area contributed by atoms with E-state index in [0.29, 0.717) is 11.3 Å². The van der Waals surface area contributed by atoms with Crippen molar-refractivity contribution in [3.63, 3.8) is 0 Å². The molecule has 3 aromatic carbocycles. The van der Waals surface area contributed by atoms with Crippen molar-refractivity contribution in [2.24, 2.45) is 5.73 Å². The third-order valence-corrected chi connectivity index (χ3v) is 7.55. The van der Waals surface area contributed by atoms with Crippen LogP contribution in [0.15, 0.2) is 60.0 Å². The molecule has 2 heterocycles. The van der Waals surface area contributed by atoms with Crippen LogP contribution >= 0.6 is 0 Å². The quantitative estimate of drug-likeness (QED) is 0.397. The van der Waals surface area contributed by atoms with Gasteiger partial charge in [-0.25, -0.2) is 8.42 Å². The van der Waals surface area contributed by atoms with Gasteiger partial charge in [-0.3, -0.25) is 9.71 Å². The van der Waals surface area contributed by atoms with Gasteiger partial charge in [0, 0.05) is 11.1 Å². The summed E-state index contributed by atoms with van der Waals surface area (Å²) in [5.74, 6) is 0.759. The lowest BCUT2D eigenvalue weighted by Crippen LogP contribution is -2.34. The minimum Gasteiger partial charge on any atom is -0.490 e. The zero-order chi connectivity index (χ0) is 23.0. The van der Waals surface area contributed by atoms with E-state index in [-0.39, 0.29) is 18.5 Å². The van der Waals surface area contributed by atoms with E-state index in [9.17, 15) is 8.42 Å². The van der Waals surface area contributed by atoms with E-state index in [1.54, 1.807) is 6.08 Å². The largest absolute Gasteiger partial charge is 0.490 e. The summed E-state index contributed by atoms with van der Waals surface area (Å²) in [6.45, 7) is 2.09. The van der Waals surface area contributed by atoms with Gasteiger partial charge in [0.25, 0.3) is 10.0 Å². The molecule has 0 atom stereocenters. The number of piperidine rings is 1. The smallest absolute Gasteiger partial charge is 0.257 e. The lowest BCUT2D eigenvalue weighted by molar-refractivity contribution is 0.162. The Morgan fingerprint density at radius 1 is 1.06 bits per heavy atom. The van der Waals surface area contributed by atoms with Crippen molar-refractivity contribution in [1.29, 1.82) is 5.41 Å². The Morgan fingerprint density at radius 3 is 2.64 bits per heavy atom. The molecule has 0 unspecified atom stereocenters. The van der Waals surface area contributed by atoms with Crippen LogP contribution in [-0.4, -0.2) is 33.4 Å². The number of rotatable bonds is 5. The highest BCUT2D eigenvalue weighted by molar-refractivity contribution is 7.95. The van der Waals surface area contributed by atoms with Gasteiger partial charge in [-0.05, 0) is 78.7 Å². The first kappa shape index (κ1) is 21.5. The van der Waals surface area contributed by atoms with Gasteiger partial charge in [0.1, 0.15) is 17.7 Å². The molecular formula is C25H26N4O3S. The summed E-state index contributed by atoms with van der Waals surface area (Å²) in [6, 6.07) is 17.0. The van der Waals surface area contributed by atoms with Crippen LogP contribution in [0.2, 0.25) is 0 Å². The SMILES string of the molecule is N=C(N)c1ccc2ccc(CN3c4ccc(OC5CCNCC5)cc4C=CS3(=O)=O)cc2c1. The highest BCUT2D eigenvalue weighted by atomic mass is 32.2. The molecule has 7 nitrogen and oxygen atoms in total. The van der Waals surface area contributed by atoms with Gasteiger partial charge in [0.2, 0.25) is 0 Å². The summed E-state index contributed by atoms with van der Waals surface area (Å²) in [4.78, 5) is 0. The second-order valence-electron chi connectivity index (χ2n) is 8.45. The van der Waals surface area contributed by atoms with Crippen LogP contribution in [0.1, 0.15) is 29.5 Å². The zero-order valence-electron chi connectivity index (χ0n) is 18.1. The van der Waals surface area contributed by atoms with E-state index in [2.05, 4.69) is 5.32 Å². The van der Waals surface area contributed by atoms with E-state index in [1.165, 1.54) is 9.71 Å². The number of anilines is 1. The lowest BCUT2D eigenvalue weighted by atomic mass is 10.0. The van der Waals surface area contributed by atoms with E-state index in [1.807, 2.05) is 54.6 Å². The van der Waals surface area contributed by atoms with Crippen LogP contribution < -0.4 is 20.1 Å². The molecule has 0 aromatic heterocycles. The molecule has 2 aliphatic rings. The molecule has 0 spiro atoms. The zero-order valence-corrected chi connectivity index (χ0v) is 18.9. The monoisotopic (exact) mass is 462 g/mol. The highest BCUT2D eigenvalue weighted by Gasteiger charge is 2.27. The molecular weight excluding hydrogens is 436 g/mol. The van der Waals surface area contributed by atoms with Crippen LogP contribution in [0.5, 0.6) is 5.75 Å². The Bertz CT molecular complexity index is 1360. The summed E-state index contributed by atoms with van der Waals surface area (Å²) < 4.78 is 33.4. The number of hydrogen-bond acceptors (Lipinski definition) is 5. The fourth-order valence-electron chi connectivity index (χ4n) is 4.35. The predicted octanol–water partition coefficient (Wildman–Crippen LogP) is 3.58. The highest BCUT2D eigenvalue weighted by Crippen LogP contribution is 2.35. The topological polar surface area (TPSA) is 109 Å². The standard InChI is InChI=1S/C25H26N4O3S/c26-25(27)20-4-3-18-2-1-17(13-21(18)14-20)16-29-24-6-5-23(32-22-7-10-28-11-8-22)15-19(24)9-12-33(29,30)31/h1-6,9,12-15,22,28H,7-8,10-11,16H2,(H3,26,27). The first-order valence-electron chi connectivity index (χ1n) is 11.0. The van der Waals surface area contributed by atoms with Gasteiger partial charge in [-0.2, -0.15) is 0 Å². The summed E-state index contributed by atoms with van der Waals surface area (Å²) >= 11 is 0. The minimum absolute atomic E-state index is 0.00230. The molecule has 0 aliphatic carbocycles. The molecule has 4 N–H and O–H groups in total. The molecule has 0 bridgehead atoms. The Kier molecular flexibility index (Phi) is 5.55. The summed E-state index contributed by atoms with van der Waals surface area (Å²) in [6.07, 6.45) is 3.73. The van der Waals surface area contributed by atoms with E-state index >= 15 is 0 Å². The third-order valence-electron chi connectivity index (χ3n) is 6.13. The summed E-state index contributed by atoms with van der Waals surface area (Å²) in [5, 5.41) is 14.2. The van der Waals surface area contributed by atoms with Crippen molar-refractivity contribution in [2.45, 2.75) is 25.5 Å². The second kappa shape index (κ2) is 8.53. The Labute approximate surface area is 193 Å². The average molecular weight is 463 g/mol. The van der Waals surface area contributed by atoms with E-state index in [4.69, 9.17) is 15.9 Å². The molecule has 0 radical (unpaired) electrons. The average Bonchev–Trinajstić information content (AvgIpc) is 2.81. The van der Waals surface area contributed by atoms with Crippen LogP contribution in [0, 0.1) is 5.41 Å². The Hall–Kier alpha value is -3.36. The van der Waals surface area contributed by atoms with Gasteiger partial charge in [-0.15, -0.1) is 0 Å². The fraction of sp³-hybridized carbons (Fsp3) is 0.240. The van der Waals surface area contributed by atoms with E-state index < -0.39 is 10.0 Å². The Morgan fingerprint density at radius 2 is 1.85 bits per heavy atom. The maximum Gasteiger partial charge on any atom is 0.257 e. The molecule has 2 aliphatic heterocycles. The first-order chi connectivity index (χ1) is 15.9. The number of sulfonamides is 1. The van der Waals surface area contributed by atoms with Crippen molar-refractivity contribution in [2.75, 3.05) is 17.4 Å². The number of nitrogens with two attached hydrogens (primary N) is 1. The molecule has 170 valence electrons. The minimum atomic E-state index is -3.60. The van der Waals surface area contributed by atoms with Gasteiger partial charge in [0.15, 0.2) is 0 Å². The number of amidine groups is 1. The second-order valence-corrected chi connectivity index (χ2v) is 10.2. The third kappa shape index (κ3) is 4.44. The van der Waals surface area contributed by atoms with Gasteiger partial charge in [0.05, 0.1) is 17.6 Å². The summed E-state index contributed by atoms with van der Waals surface area (Å²) in [5.41, 5.74) is 8.56. The number of nitrogens with one attached hydrogen (secondary N) is 2. The number of ether oxygens (including phenoxy) is 1. The van der Waals surface area contributed by atoms with Crippen molar-refractivity contribution in [1.82, 2.24) is 5.32 Å². The van der Waals surface area contributed by atoms with Gasteiger partial charge >= 0.3 is 0 Å². The number of nitrogen functional groups attached to an aromatic ring is 1. The molecule has 3 aromatic rings. The van der Waals surface area contributed by atoms with Crippen molar-refractivity contribution >= 4 is 38.4 Å². The molecule has 33 heavy (non-hydrogen) atoms. The van der Waals surface area contributed by atoms with Gasteiger partial charge in [-0.1, -0.05) is 24.3 Å². The number of hydrogen-bond donors (Lipinski definition) is 3. The molecule has 1 fully saturated rings. The van der Waals surface area contributed by atoms with Crippen molar-refractivity contribution in [3.05, 3.63) is 76.7 Å². The normalized spacial score (nSPS) is 17.6.